The fourth-order valence-corrected chi connectivity index (χ4v) is 2.49. The predicted octanol–water partition coefficient (Wildman–Crippen LogP) is 0.829. The summed E-state index contributed by atoms with van der Waals surface area (Å²) in [4.78, 5) is 11.0. The molecule has 0 radical (unpaired) electrons. The second-order valence-corrected chi connectivity index (χ2v) is 5.08. The van der Waals surface area contributed by atoms with E-state index in [0.717, 1.165) is 0 Å². The van der Waals surface area contributed by atoms with Crippen molar-refractivity contribution in [2.45, 2.75) is 64.2 Å². The lowest BCUT2D eigenvalue weighted by molar-refractivity contribution is -0.237. The molecule has 0 aromatic heterocycles. The van der Waals surface area contributed by atoms with E-state index >= 15 is 0 Å². The summed E-state index contributed by atoms with van der Waals surface area (Å²) in [5.41, 5.74) is 0. The molecule has 104 valence electrons. The summed E-state index contributed by atoms with van der Waals surface area (Å²) < 4.78 is 27.6. The molecule has 0 bridgehead atoms. The molecule has 2 rings (SSSR count). The molecule has 0 aromatic rings. The van der Waals surface area contributed by atoms with Gasteiger partial charge in [-0.2, -0.15) is 0 Å². The van der Waals surface area contributed by atoms with Crippen molar-refractivity contribution in [1.29, 1.82) is 0 Å². The van der Waals surface area contributed by atoms with Crippen LogP contribution < -0.4 is 0 Å². The van der Waals surface area contributed by atoms with Gasteiger partial charge in [-0.3, -0.25) is 4.79 Å². The molecule has 2 heterocycles. The summed E-state index contributed by atoms with van der Waals surface area (Å²) in [5, 5.41) is 0. The maximum absolute atomic E-state index is 11.0. The fraction of sp³-hybridized carbons (Fsp3) is 0.917. The lowest BCUT2D eigenvalue weighted by Crippen LogP contribution is -2.39. The Balaban J connectivity index is 2.11. The Hall–Kier alpha value is -0.690. The highest BCUT2D eigenvalue weighted by Crippen LogP contribution is 2.40. The minimum absolute atomic E-state index is 0.292. The lowest BCUT2D eigenvalue weighted by atomic mass is 10.1. The molecule has 2 fully saturated rings. The van der Waals surface area contributed by atoms with Crippen molar-refractivity contribution in [3.63, 3.8) is 0 Å². The second kappa shape index (κ2) is 4.77. The molecule has 6 nitrogen and oxygen atoms in total. The monoisotopic (exact) mass is 260 g/mol. The van der Waals surface area contributed by atoms with Crippen LogP contribution >= 0.6 is 0 Å². The van der Waals surface area contributed by atoms with E-state index in [1.807, 2.05) is 13.8 Å². The molecule has 0 unspecified atom stereocenters. The van der Waals surface area contributed by atoms with Gasteiger partial charge < -0.3 is 23.7 Å². The Morgan fingerprint density at radius 2 is 1.89 bits per heavy atom. The van der Waals surface area contributed by atoms with Crippen LogP contribution in [0, 0.1) is 0 Å². The van der Waals surface area contributed by atoms with E-state index in [1.165, 1.54) is 6.92 Å². The van der Waals surface area contributed by atoms with Gasteiger partial charge in [0, 0.05) is 14.0 Å². The van der Waals surface area contributed by atoms with Crippen LogP contribution in [0.5, 0.6) is 0 Å². The van der Waals surface area contributed by atoms with Gasteiger partial charge in [-0.1, -0.05) is 0 Å². The number of esters is 1. The maximum atomic E-state index is 11.0. The molecule has 2 aliphatic heterocycles. The van der Waals surface area contributed by atoms with Crippen LogP contribution in [0.4, 0.5) is 0 Å². The first kappa shape index (κ1) is 13.7. The molecule has 6 heteroatoms. The van der Waals surface area contributed by atoms with Crippen LogP contribution in [-0.2, 0) is 28.5 Å². The van der Waals surface area contributed by atoms with Gasteiger partial charge in [-0.05, 0) is 20.8 Å². The Labute approximate surface area is 106 Å². The lowest BCUT2D eigenvalue weighted by Gasteiger charge is -2.26. The average molecular weight is 260 g/mol. The normalized spacial score (nSPS) is 39.4. The molecular formula is C12H20O6. The van der Waals surface area contributed by atoms with Gasteiger partial charge in [0.1, 0.15) is 24.4 Å². The van der Waals surface area contributed by atoms with E-state index in [-0.39, 0.29) is 24.3 Å². The SMILES string of the molecule is CO[C@@H]1O[C@H]([C@@H](C)OC(C)=O)[C@H]2OC(C)(C)O[C@@H]12. The van der Waals surface area contributed by atoms with Crippen molar-refractivity contribution < 1.29 is 28.5 Å². The fourth-order valence-electron chi connectivity index (χ4n) is 2.49. The molecule has 0 aliphatic carbocycles. The zero-order valence-electron chi connectivity index (χ0n) is 11.3. The molecule has 0 spiro atoms. The smallest absolute Gasteiger partial charge is 0.302 e. The maximum Gasteiger partial charge on any atom is 0.302 e. The highest BCUT2D eigenvalue weighted by atomic mass is 16.8. The van der Waals surface area contributed by atoms with E-state index in [2.05, 4.69) is 0 Å². The van der Waals surface area contributed by atoms with Crippen molar-refractivity contribution in [3.8, 4) is 0 Å². The summed E-state index contributed by atoms with van der Waals surface area (Å²) in [6, 6.07) is 0. The van der Waals surface area contributed by atoms with Crippen LogP contribution in [0.25, 0.3) is 0 Å². The number of methoxy groups -OCH3 is 1. The van der Waals surface area contributed by atoms with Crippen molar-refractivity contribution in [2.24, 2.45) is 0 Å². The number of hydrogen-bond donors (Lipinski definition) is 0. The average Bonchev–Trinajstić information content (AvgIpc) is 2.69. The third-order valence-electron chi connectivity index (χ3n) is 3.09. The largest absolute Gasteiger partial charge is 0.460 e. The summed E-state index contributed by atoms with van der Waals surface area (Å²) >= 11 is 0. The predicted molar refractivity (Wildman–Crippen MR) is 60.7 cm³/mol. The number of carbonyl (C=O) groups is 1. The van der Waals surface area contributed by atoms with E-state index < -0.39 is 18.2 Å². The summed E-state index contributed by atoms with van der Waals surface area (Å²) in [5.74, 6) is -1.02. The summed E-state index contributed by atoms with van der Waals surface area (Å²) in [6.07, 6.45) is -1.88. The third kappa shape index (κ3) is 2.51. The number of hydrogen-bond acceptors (Lipinski definition) is 6. The zero-order chi connectivity index (χ0) is 13.5. The first-order chi connectivity index (χ1) is 8.34. The van der Waals surface area contributed by atoms with Crippen molar-refractivity contribution in [2.75, 3.05) is 7.11 Å². The van der Waals surface area contributed by atoms with Crippen LogP contribution in [0.3, 0.4) is 0 Å². The highest BCUT2D eigenvalue weighted by Gasteiger charge is 2.57. The molecule has 0 N–H and O–H groups in total. The molecule has 2 saturated heterocycles. The first-order valence-corrected chi connectivity index (χ1v) is 6.05. The zero-order valence-corrected chi connectivity index (χ0v) is 11.3. The van der Waals surface area contributed by atoms with Gasteiger partial charge in [0.25, 0.3) is 0 Å². The Morgan fingerprint density at radius 1 is 1.28 bits per heavy atom. The van der Waals surface area contributed by atoms with Gasteiger partial charge in [-0.15, -0.1) is 0 Å². The van der Waals surface area contributed by atoms with Gasteiger partial charge in [-0.25, -0.2) is 0 Å². The number of carbonyl (C=O) groups excluding carboxylic acids is 1. The third-order valence-corrected chi connectivity index (χ3v) is 3.09. The van der Waals surface area contributed by atoms with E-state index in [4.69, 9.17) is 23.7 Å². The minimum atomic E-state index is -0.677. The van der Waals surface area contributed by atoms with Crippen LogP contribution in [0.1, 0.15) is 27.7 Å². The number of fused-ring (bicyclic) bond motifs is 1. The van der Waals surface area contributed by atoms with Crippen molar-refractivity contribution >= 4 is 5.97 Å². The molecule has 0 aromatic carbocycles. The van der Waals surface area contributed by atoms with Crippen LogP contribution in [0.15, 0.2) is 0 Å². The standard InChI is InChI=1S/C12H20O6/c1-6(15-7(2)13)8-9-10(11(14-5)16-8)18-12(3,4)17-9/h6,8-11H,1-5H3/t6-,8-,9-,10-,11-/m1/s1. The molecule has 0 saturated carbocycles. The highest BCUT2D eigenvalue weighted by molar-refractivity contribution is 5.66. The quantitative estimate of drug-likeness (QED) is 0.700. The van der Waals surface area contributed by atoms with E-state index in [0.29, 0.717) is 0 Å². The molecule has 5 atom stereocenters. The van der Waals surface area contributed by atoms with Crippen molar-refractivity contribution in [3.05, 3.63) is 0 Å². The topological polar surface area (TPSA) is 63.2 Å². The molecule has 0 amide bonds. The Bertz CT molecular complexity index is 329. The molecular weight excluding hydrogens is 240 g/mol. The molecule has 18 heavy (non-hydrogen) atoms. The van der Waals surface area contributed by atoms with Gasteiger partial charge in [0.2, 0.25) is 0 Å². The summed E-state index contributed by atoms with van der Waals surface area (Å²) in [7, 11) is 1.55. The van der Waals surface area contributed by atoms with Crippen molar-refractivity contribution in [1.82, 2.24) is 0 Å². The van der Waals surface area contributed by atoms with Gasteiger partial charge in [0.05, 0.1) is 0 Å². The number of rotatable bonds is 3. The van der Waals surface area contributed by atoms with Gasteiger partial charge >= 0.3 is 5.97 Å². The second-order valence-electron chi connectivity index (χ2n) is 5.08. The Kier molecular flexibility index (Phi) is 3.64. The van der Waals surface area contributed by atoms with E-state index in [9.17, 15) is 4.79 Å². The van der Waals surface area contributed by atoms with Crippen LogP contribution in [0.2, 0.25) is 0 Å². The van der Waals surface area contributed by atoms with E-state index in [1.54, 1.807) is 14.0 Å². The van der Waals surface area contributed by atoms with Gasteiger partial charge in [0.15, 0.2) is 12.1 Å². The molecule has 2 aliphatic rings. The summed E-state index contributed by atoms with van der Waals surface area (Å²) in [6.45, 7) is 6.82. The Morgan fingerprint density at radius 3 is 2.44 bits per heavy atom. The number of ether oxygens (including phenoxy) is 5. The van der Waals surface area contributed by atoms with Crippen LogP contribution in [-0.4, -0.2) is 49.6 Å². The minimum Gasteiger partial charge on any atom is -0.460 e. The first-order valence-electron chi connectivity index (χ1n) is 6.05.